The van der Waals surface area contributed by atoms with Crippen molar-refractivity contribution in [2.45, 2.75) is 42.9 Å². The van der Waals surface area contributed by atoms with Crippen LogP contribution in [0.15, 0.2) is 41.6 Å². The second-order valence-corrected chi connectivity index (χ2v) is 9.46. The number of halogens is 9. The van der Waals surface area contributed by atoms with Crippen molar-refractivity contribution < 1.29 is 49.1 Å². The summed E-state index contributed by atoms with van der Waals surface area (Å²) in [4.78, 5) is 18.0. The van der Waals surface area contributed by atoms with E-state index < -0.39 is 52.8 Å². The fourth-order valence-corrected chi connectivity index (χ4v) is 4.53. The number of carbonyl (C=O) groups is 1. The van der Waals surface area contributed by atoms with Gasteiger partial charge in [0.1, 0.15) is 0 Å². The van der Waals surface area contributed by atoms with E-state index in [4.69, 9.17) is 0 Å². The smallest absolute Gasteiger partial charge is 0.374 e. The van der Waals surface area contributed by atoms with Crippen LogP contribution in [0.4, 0.5) is 39.5 Å². The SMILES string of the molecule is O=C(C1CC1)N1CC(F)(c2ccc(C3=NOC(c4cc(F)c(F)c(C(F)(F)F)c4)(C(F)(F)F)C3)cc2)C1. The number of carbonyl (C=O) groups excluding carboxylic acids is 1. The van der Waals surface area contributed by atoms with Gasteiger partial charge in [0.15, 0.2) is 17.3 Å². The number of oxime groups is 1. The molecule has 0 radical (unpaired) electrons. The van der Waals surface area contributed by atoms with Gasteiger partial charge in [0, 0.05) is 17.9 Å². The van der Waals surface area contributed by atoms with E-state index in [1.165, 1.54) is 29.2 Å². The average molecular weight is 536 g/mol. The summed E-state index contributed by atoms with van der Waals surface area (Å²) < 4.78 is 125. The zero-order chi connectivity index (χ0) is 27.0. The standard InChI is InChI=1S/C24H17F9N2O2/c25-17-8-15(7-16(19(17)26)23(28,29)30)22(24(31,32)33)9-18(34-37-22)12-3-5-14(6-4-12)21(27)10-35(11-21)20(36)13-1-2-13/h3-8,13H,1-2,9-11H2. The van der Waals surface area contributed by atoms with Crippen LogP contribution in [-0.2, 0) is 27.1 Å². The molecule has 1 saturated heterocycles. The number of nitrogens with zero attached hydrogens (tertiary/aromatic N) is 2. The van der Waals surface area contributed by atoms with Crippen molar-refractivity contribution in [3.8, 4) is 0 Å². The molecule has 2 heterocycles. The molecule has 5 rings (SSSR count). The van der Waals surface area contributed by atoms with E-state index in [0.717, 1.165) is 12.8 Å². The van der Waals surface area contributed by atoms with E-state index in [9.17, 15) is 39.9 Å². The first-order chi connectivity index (χ1) is 17.1. The molecule has 1 amide bonds. The van der Waals surface area contributed by atoms with Crippen molar-refractivity contribution in [1.82, 2.24) is 4.90 Å². The van der Waals surface area contributed by atoms with Crippen LogP contribution in [0.3, 0.4) is 0 Å². The van der Waals surface area contributed by atoms with Gasteiger partial charge in [-0.15, -0.1) is 0 Å². The Labute approximate surface area is 203 Å². The maximum atomic E-state index is 15.2. The van der Waals surface area contributed by atoms with E-state index in [1.54, 1.807) is 0 Å². The van der Waals surface area contributed by atoms with Gasteiger partial charge in [-0.25, -0.2) is 13.2 Å². The summed E-state index contributed by atoms with van der Waals surface area (Å²) >= 11 is 0. The van der Waals surface area contributed by atoms with Crippen molar-refractivity contribution >= 4 is 11.6 Å². The molecule has 2 aromatic rings. The zero-order valence-corrected chi connectivity index (χ0v) is 18.7. The zero-order valence-electron chi connectivity index (χ0n) is 18.7. The Balaban J connectivity index is 1.39. The largest absolute Gasteiger partial charge is 0.435 e. The first kappa shape index (κ1) is 25.4. The lowest BCUT2D eigenvalue weighted by Gasteiger charge is -2.45. The lowest BCUT2D eigenvalue weighted by Crippen LogP contribution is -2.59. The third-order valence-corrected chi connectivity index (χ3v) is 6.84. The van der Waals surface area contributed by atoms with E-state index in [2.05, 4.69) is 9.99 Å². The van der Waals surface area contributed by atoms with Crippen LogP contribution in [0.25, 0.3) is 0 Å². The van der Waals surface area contributed by atoms with Gasteiger partial charge in [-0.2, -0.15) is 26.3 Å². The van der Waals surface area contributed by atoms with E-state index in [-0.39, 0.29) is 53.9 Å². The maximum Gasteiger partial charge on any atom is 0.435 e. The van der Waals surface area contributed by atoms with Gasteiger partial charge >= 0.3 is 12.4 Å². The van der Waals surface area contributed by atoms with Crippen molar-refractivity contribution in [2.24, 2.45) is 11.1 Å². The summed E-state index contributed by atoms with van der Waals surface area (Å²) in [5, 5.41) is 3.39. The number of amides is 1. The van der Waals surface area contributed by atoms with Gasteiger partial charge in [0.2, 0.25) is 5.91 Å². The molecule has 1 saturated carbocycles. The van der Waals surface area contributed by atoms with Crippen LogP contribution < -0.4 is 0 Å². The second-order valence-electron chi connectivity index (χ2n) is 9.46. The van der Waals surface area contributed by atoms with Crippen LogP contribution in [0.5, 0.6) is 0 Å². The van der Waals surface area contributed by atoms with Crippen LogP contribution >= 0.6 is 0 Å². The fourth-order valence-electron chi connectivity index (χ4n) is 4.53. The average Bonchev–Trinajstić information content (AvgIpc) is 3.54. The summed E-state index contributed by atoms with van der Waals surface area (Å²) in [6.45, 7) is -0.304. The summed E-state index contributed by atoms with van der Waals surface area (Å²) in [6, 6.07) is 5.00. The van der Waals surface area contributed by atoms with Crippen molar-refractivity contribution in [1.29, 1.82) is 0 Å². The molecule has 37 heavy (non-hydrogen) atoms. The number of alkyl halides is 7. The highest BCUT2D eigenvalue weighted by atomic mass is 19.4. The maximum absolute atomic E-state index is 15.2. The molecule has 0 bridgehead atoms. The highest BCUT2D eigenvalue weighted by molar-refractivity contribution is 6.02. The summed E-state index contributed by atoms with van der Waals surface area (Å²) in [6.07, 6.45) is -10.4. The molecular weight excluding hydrogens is 519 g/mol. The predicted octanol–water partition coefficient (Wildman–Crippen LogP) is 5.98. The monoisotopic (exact) mass is 536 g/mol. The molecule has 0 aromatic heterocycles. The number of likely N-dealkylation sites (tertiary alicyclic amines) is 1. The minimum atomic E-state index is -5.46. The van der Waals surface area contributed by atoms with E-state index in [0.29, 0.717) is 0 Å². The van der Waals surface area contributed by atoms with Gasteiger partial charge < -0.3 is 9.74 Å². The van der Waals surface area contributed by atoms with Gasteiger partial charge in [0.05, 0.1) is 24.4 Å². The molecular formula is C24H17F9N2O2. The predicted molar refractivity (Wildman–Crippen MR) is 110 cm³/mol. The Morgan fingerprint density at radius 3 is 2.14 bits per heavy atom. The van der Waals surface area contributed by atoms with Crippen LogP contribution in [0, 0.1) is 17.6 Å². The molecule has 3 aliphatic rings. The molecule has 2 fully saturated rings. The van der Waals surface area contributed by atoms with Crippen LogP contribution in [0.2, 0.25) is 0 Å². The lowest BCUT2D eigenvalue weighted by molar-refractivity contribution is -0.276. The number of hydrogen-bond acceptors (Lipinski definition) is 3. The first-order valence-corrected chi connectivity index (χ1v) is 11.1. The molecule has 0 spiro atoms. The highest BCUT2D eigenvalue weighted by Crippen LogP contribution is 2.50. The molecule has 0 N–H and O–H groups in total. The molecule has 13 heteroatoms. The Kier molecular flexibility index (Phi) is 5.58. The van der Waals surface area contributed by atoms with Gasteiger partial charge in [-0.3, -0.25) is 4.79 Å². The van der Waals surface area contributed by atoms with Crippen molar-refractivity contribution in [3.63, 3.8) is 0 Å². The molecule has 1 atom stereocenters. The topological polar surface area (TPSA) is 41.9 Å². The molecule has 1 unspecified atom stereocenters. The van der Waals surface area contributed by atoms with Gasteiger partial charge in [0.25, 0.3) is 5.60 Å². The lowest BCUT2D eigenvalue weighted by atomic mass is 9.84. The Morgan fingerprint density at radius 1 is 0.973 bits per heavy atom. The first-order valence-electron chi connectivity index (χ1n) is 11.1. The summed E-state index contributed by atoms with van der Waals surface area (Å²) in [5.74, 6) is -4.64. The summed E-state index contributed by atoms with van der Waals surface area (Å²) in [7, 11) is 0. The molecule has 2 aliphatic heterocycles. The molecule has 4 nitrogen and oxygen atoms in total. The Hall–Kier alpha value is -3.25. The number of benzene rings is 2. The third-order valence-electron chi connectivity index (χ3n) is 6.84. The second kappa shape index (κ2) is 8.12. The van der Waals surface area contributed by atoms with Gasteiger partial charge in [-0.1, -0.05) is 29.4 Å². The molecule has 2 aromatic carbocycles. The molecule has 1 aliphatic carbocycles. The van der Waals surface area contributed by atoms with Crippen molar-refractivity contribution in [2.75, 3.05) is 13.1 Å². The number of hydrogen-bond donors (Lipinski definition) is 0. The Bertz CT molecular complexity index is 1280. The minimum absolute atomic E-state index is 0.00223. The highest BCUT2D eigenvalue weighted by Gasteiger charge is 2.63. The summed E-state index contributed by atoms with van der Waals surface area (Å²) in [5.41, 5.74) is -8.94. The van der Waals surface area contributed by atoms with Crippen LogP contribution in [0.1, 0.15) is 41.5 Å². The van der Waals surface area contributed by atoms with E-state index in [1.807, 2.05) is 0 Å². The quantitative estimate of drug-likeness (QED) is 0.451. The van der Waals surface area contributed by atoms with Crippen molar-refractivity contribution in [3.05, 3.63) is 70.3 Å². The van der Waals surface area contributed by atoms with Gasteiger partial charge in [-0.05, 0) is 36.1 Å². The normalized spacial score (nSPS) is 23.4. The van der Waals surface area contributed by atoms with E-state index >= 15 is 4.39 Å². The number of rotatable bonds is 4. The third kappa shape index (κ3) is 4.21. The molecule has 198 valence electrons. The Morgan fingerprint density at radius 2 is 1.59 bits per heavy atom. The van der Waals surface area contributed by atoms with Crippen LogP contribution in [-0.4, -0.2) is 35.8 Å². The fraction of sp³-hybridized carbons (Fsp3) is 0.417. The minimum Gasteiger partial charge on any atom is -0.374 e.